The van der Waals surface area contributed by atoms with E-state index >= 15 is 0 Å². The first-order valence-electron chi connectivity index (χ1n) is 5.96. The highest BCUT2D eigenvalue weighted by atomic mass is 16.1. The zero-order chi connectivity index (χ0) is 11.0. The van der Waals surface area contributed by atoms with Gasteiger partial charge < -0.3 is 0 Å². The fourth-order valence-corrected chi connectivity index (χ4v) is 3.31. The van der Waals surface area contributed by atoms with Gasteiger partial charge in [0.15, 0.2) is 0 Å². The van der Waals surface area contributed by atoms with Crippen LogP contribution < -0.4 is 5.32 Å². The van der Waals surface area contributed by atoms with Crippen LogP contribution in [0.25, 0.3) is 0 Å². The second kappa shape index (κ2) is 3.88. The van der Waals surface area contributed by atoms with Crippen molar-refractivity contribution in [3.05, 3.63) is 6.33 Å². The van der Waals surface area contributed by atoms with E-state index in [0.29, 0.717) is 18.3 Å². The van der Waals surface area contributed by atoms with Gasteiger partial charge in [-0.3, -0.25) is 10.1 Å². The molecule has 3 rings (SSSR count). The third kappa shape index (κ3) is 1.81. The number of carbonyl (C=O) groups excluding carboxylic acids is 1. The molecule has 0 spiro atoms. The second-order valence-electron chi connectivity index (χ2n) is 5.02. The zero-order valence-corrected chi connectivity index (χ0v) is 9.15. The highest BCUT2D eigenvalue weighted by Gasteiger charge is 2.40. The number of rotatable bonds is 3. The standard InChI is InChI=1S/C11H16N4O/c16-10(14-11-12-6-13-15-11)5-9-4-7-1-2-8(9)3-7/h6-9H,1-5H2,(H2,12,13,14,15,16). The van der Waals surface area contributed by atoms with Crippen LogP contribution in [0.3, 0.4) is 0 Å². The maximum absolute atomic E-state index is 11.7. The fraction of sp³-hybridized carbons (Fsp3) is 0.727. The molecule has 1 aromatic rings. The van der Waals surface area contributed by atoms with E-state index in [-0.39, 0.29) is 5.91 Å². The molecule has 3 unspecified atom stereocenters. The first-order valence-corrected chi connectivity index (χ1v) is 5.96. The predicted octanol–water partition coefficient (Wildman–Crippen LogP) is 1.57. The summed E-state index contributed by atoms with van der Waals surface area (Å²) in [6.07, 6.45) is 7.33. The number of fused-ring (bicyclic) bond motifs is 2. The van der Waals surface area contributed by atoms with Gasteiger partial charge in [-0.2, -0.15) is 10.1 Å². The predicted molar refractivity (Wildman–Crippen MR) is 58.6 cm³/mol. The molecule has 2 saturated carbocycles. The Balaban J connectivity index is 1.53. The molecule has 5 nitrogen and oxygen atoms in total. The van der Waals surface area contributed by atoms with Crippen molar-refractivity contribution in [1.29, 1.82) is 0 Å². The maximum atomic E-state index is 11.7. The van der Waals surface area contributed by atoms with Gasteiger partial charge >= 0.3 is 0 Å². The number of aromatic nitrogens is 3. The first-order chi connectivity index (χ1) is 7.81. The molecule has 2 N–H and O–H groups in total. The Morgan fingerprint density at radius 2 is 2.44 bits per heavy atom. The molecule has 0 saturated heterocycles. The molecule has 0 aliphatic heterocycles. The third-order valence-corrected chi connectivity index (χ3v) is 4.00. The minimum atomic E-state index is 0.0642. The van der Waals surface area contributed by atoms with Gasteiger partial charge in [-0.1, -0.05) is 6.42 Å². The first kappa shape index (κ1) is 9.81. The minimum absolute atomic E-state index is 0.0642. The summed E-state index contributed by atoms with van der Waals surface area (Å²) in [4.78, 5) is 15.6. The quantitative estimate of drug-likeness (QED) is 0.812. The lowest BCUT2D eigenvalue weighted by atomic mass is 9.86. The molecule has 5 heteroatoms. The average molecular weight is 220 g/mol. The van der Waals surface area contributed by atoms with E-state index in [0.717, 1.165) is 11.8 Å². The van der Waals surface area contributed by atoms with Crippen molar-refractivity contribution in [1.82, 2.24) is 15.2 Å². The highest BCUT2D eigenvalue weighted by molar-refractivity contribution is 5.89. The summed E-state index contributed by atoms with van der Waals surface area (Å²) in [6, 6.07) is 0. The molecule has 1 amide bonds. The summed E-state index contributed by atoms with van der Waals surface area (Å²) >= 11 is 0. The van der Waals surface area contributed by atoms with Gasteiger partial charge in [-0.25, -0.2) is 5.10 Å². The van der Waals surface area contributed by atoms with Gasteiger partial charge in [-0.05, 0) is 37.0 Å². The third-order valence-electron chi connectivity index (χ3n) is 4.00. The lowest BCUT2D eigenvalue weighted by molar-refractivity contribution is -0.117. The van der Waals surface area contributed by atoms with Crippen LogP contribution in [0.5, 0.6) is 0 Å². The van der Waals surface area contributed by atoms with Crippen molar-refractivity contribution in [3.8, 4) is 0 Å². The molecule has 1 aromatic heterocycles. The van der Waals surface area contributed by atoms with Crippen molar-refractivity contribution in [2.75, 3.05) is 5.32 Å². The van der Waals surface area contributed by atoms with Gasteiger partial charge in [0.1, 0.15) is 6.33 Å². The molecule has 0 radical (unpaired) electrons. The number of hydrogen-bond acceptors (Lipinski definition) is 3. The number of amides is 1. The van der Waals surface area contributed by atoms with Crippen LogP contribution in [-0.2, 0) is 4.79 Å². The summed E-state index contributed by atoms with van der Waals surface area (Å²) in [5.74, 6) is 2.81. The molecular formula is C11H16N4O. The Morgan fingerprint density at radius 3 is 3.06 bits per heavy atom. The summed E-state index contributed by atoms with van der Waals surface area (Å²) in [5.41, 5.74) is 0. The number of nitrogens with zero attached hydrogens (tertiary/aromatic N) is 2. The molecule has 2 aliphatic rings. The zero-order valence-electron chi connectivity index (χ0n) is 9.15. The number of hydrogen-bond donors (Lipinski definition) is 2. The Labute approximate surface area is 94.0 Å². The maximum Gasteiger partial charge on any atom is 0.227 e. The van der Waals surface area contributed by atoms with Crippen LogP contribution >= 0.6 is 0 Å². The highest BCUT2D eigenvalue weighted by Crippen LogP contribution is 2.49. The van der Waals surface area contributed by atoms with E-state index in [1.54, 1.807) is 0 Å². The molecule has 2 bridgehead atoms. The van der Waals surface area contributed by atoms with Crippen LogP contribution in [0.1, 0.15) is 32.1 Å². The summed E-state index contributed by atoms with van der Waals surface area (Å²) in [6.45, 7) is 0. The normalized spacial score (nSPS) is 31.9. The molecule has 0 aromatic carbocycles. The van der Waals surface area contributed by atoms with Gasteiger partial charge in [0.25, 0.3) is 0 Å². The lowest BCUT2D eigenvalue weighted by Gasteiger charge is -2.20. The smallest absolute Gasteiger partial charge is 0.227 e. The van der Waals surface area contributed by atoms with Crippen LogP contribution in [0.15, 0.2) is 6.33 Å². The summed E-state index contributed by atoms with van der Waals surface area (Å²) in [5, 5.41) is 9.07. The number of anilines is 1. The molecule has 2 aliphatic carbocycles. The second-order valence-corrected chi connectivity index (χ2v) is 5.02. The van der Waals surface area contributed by atoms with Crippen LogP contribution in [-0.4, -0.2) is 21.1 Å². The Bertz CT molecular complexity index is 375. The van der Waals surface area contributed by atoms with Crippen molar-refractivity contribution in [2.45, 2.75) is 32.1 Å². The number of nitrogens with one attached hydrogen (secondary N) is 2. The molecule has 3 atom stereocenters. The van der Waals surface area contributed by atoms with Crippen molar-refractivity contribution < 1.29 is 4.79 Å². The van der Waals surface area contributed by atoms with Crippen LogP contribution in [0.4, 0.5) is 5.95 Å². The summed E-state index contributed by atoms with van der Waals surface area (Å²) < 4.78 is 0. The molecule has 16 heavy (non-hydrogen) atoms. The minimum Gasteiger partial charge on any atom is -0.295 e. The Morgan fingerprint density at radius 1 is 1.50 bits per heavy atom. The van der Waals surface area contributed by atoms with E-state index in [4.69, 9.17) is 0 Å². The lowest BCUT2D eigenvalue weighted by Crippen LogP contribution is -2.20. The van der Waals surface area contributed by atoms with E-state index in [1.807, 2.05) is 0 Å². The van der Waals surface area contributed by atoms with E-state index in [1.165, 1.54) is 32.0 Å². The number of carbonyl (C=O) groups is 1. The van der Waals surface area contributed by atoms with Crippen molar-refractivity contribution >= 4 is 11.9 Å². The van der Waals surface area contributed by atoms with Gasteiger partial charge in [0.05, 0.1) is 0 Å². The monoisotopic (exact) mass is 220 g/mol. The fourth-order valence-electron chi connectivity index (χ4n) is 3.31. The molecule has 2 fully saturated rings. The van der Waals surface area contributed by atoms with Gasteiger partial charge in [-0.15, -0.1) is 0 Å². The van der Waals surface area contributed by atoms with Gasteiger partial charge in [0, 0.05) is 6.42 Å². The number of H-pyrrole nitrogens is 1. The molecule has 86 valence electrons. The Kier molecular flexibility index (Phi) is 2.38. The van der Waals surface area contributed by atoms with Crippen molar-refractivity contribution in [3.63, 3.8) is 0 Å². The number of aromatic amines is 1. The topological polar surface area (TPSA) is 70.7 Å². The summed E-state index contributed by atoms with van der Waals surface area (Å²) in [7, 11) is 0. The molecular weight excluding hydrogens is 204 g/mol. The molecule has 1 heterocycles. The Hall–Kier alpha value is -1.39. The van der Waals surface area contributed by atoms with Gasteiger partial charge in [0.2, 0.25) is 11.9 Å². The van der Waals surface area contributed by atoms with Crippen LogP contribution in [0.2, 0.25) is 0 Å². The van der Waals surface area contributed by atoms with Crippen molar-refractivity contribution in [2.24, 2.45) is 17.8 Å². The van der Waals surface area contributed by atoms with E-state index in [9.17, 15) is 4.79 Å². The van der Waals surface area contributed by atoms with E-state index < -0.39 is 0 Å². The SMILES string of the molecule is O=C(CC1CC2CCC1C2)Nc1ncn[nH]1. The average Bonchev–Trinajstić information content (AvgIpc) is 2.92. The van der Waals surface area contributed by atoms with E-state index in [2.05, 4.69) is 20.5 Å². The van der Waals surface area contributed by atoms with Crippen LogP contribution in [0, 0.1) is 17.8 Å². The largest absolute Gasteiger partial charge is 0.295 e.